The molecule has 0 bridgehead atoms. The molecule has 0 radical (unpaired) electrons. The van der Waals surface area contributed by atoms with Crippen molar-refractivity contribution < 1.29 is 19.1 Å². The second kappa shape index (κ2) is 6.47. The number of fused-ring (bicyclic) bond motifs is 4. The van der Waals surface area contributed by atoms with E-state index in [4.69, 9.17) is 9.47 Å². The summed E-state index contributed by atoms with van der Waals surface area (Å²) in [6.45, 7) is 0. The third-order valence-electron chi connectivity index (χ3n) is 7.04. The van der Waals surface area contributed by atoms with E-state index in [1.165, 1.54) is 11.1 Å². The molecule has 0 aromatic heterocycles. The lowest BCUT2D eigenvalue weighted by Crippen LogP contribution is -2.78. The van der Waals surface area contributed by atoms with Gasteiger partial charge in [-0.25, -0.2) is 0 Å². The van der Waals surface area contributed by atoms with E-state index in [-0.39, 0.29) is 22.8 Å². The van der Waals surface area contributed by atoms with Gasteiger partial charge in [0.15, 0.2) is 12.2 Å². The van der Waals surface area contributed by atoms with Crippen LogP contribution in [0, 0.1) is 0 Å². The fourth-order valence-electron chi connectivity index (χ4n) is 6.01. The average Bonchev–Trinajstić information content (AvgIpc) is 2.98. The first-order valence-electron chi connectivity index (χ1n) is 10.2. The number of ether oxygens (including phenoxy) is 2. The number of hydrogen-bond acceptors (Lipinski definition) is 4. The number of carbonyl (C=O) groups is 2. The molecule has 2 aromatic rings. The van der Waals surface area contributed by atoms with E-state index in [9.17, 15) is 9.59 Å². The van der Waals surface area contributed by atoms with Crippen molar-refractivity contribution in [2.24, 2.45) is 0 Å². The second-order valence-electron chi connectivity index (χ2n) is 8.20. The number of rotatable bonds is 2. The van der Waals surface area contributed by atoms with Gasteiger partial charge < -0.3 is 9.47 Å². The Morgan fingerprint density at radius 1 is 0.643 bits per heavy atom. The zero-order chi connectivity index (χ0) is 19.2. The van der Waals surface area contributed by atoms with Gasteiger partial charge in [-0.15, -0.1) is 0 Å². The maximum absolute atomic E-state index is 12.4. The highest BCUT2D eigenvalue weighted by atomic mass is 16.6. The van der Waals surface area contributed by atoms with E-state index in [1.54, 1.807) is 0 Å². The first-order valence-corrected chi connectivity index (χ1v) is 10.2. The van der Waals surface area contributed by atoms with Crippen LogP contribution in [0.5, 0.6) is 0 Å². The Hall–Kier alpha value is -2.62. The topological polar surface area (TPSA) is 52.6 Å². The summed E-state index contributed by atoms with van der Waals surface area (Å²) >= 11 is 0. The normalized spacial score (nSPS) is 34.6. The average molecular weight is 376 g/mol. The van der Waals surface area contributed by atoms with Gasteiger partial charge in [0.05, 0.1) is 0 Å². The third-order valence-corrected chi connectivity index (χ3v) is 7.04. The highest BCUT2D eigenvalue weighted by Crippen LogP contribution is 2.67. The first kappa shape index (κ1) is 17.5. The quantitative estimate of drug-likeness (QED) is 0.742. The molecule has 0 spiro atoms. The van der Waals surface area contributed by atoms with Crippen LogP contribution < -0.4 is 0 Å². The minimum atomic E-state index is -0.438. The van der Waals surface area contributed by atoms with Crippen molar-refractivity contribution in [1.82, 2.24) is 0 Å². The van der Waals surface area contributed by atoms with E-state index in [2.05, 4.69) is 24.3 Å². The second-order valence-corrected chi connectivity index (χ2v) is 8.20. The number of benzene rings is 2. The Morgan fingerprint density at radius 2 is 1.04 bits per heavy atom. The van der Waals surface area contributed by atoms with Crippen LogP contribution in [0.4, 0.5) is 0 Å². The molecule has 2 saturated heterocycles. The van der Waals surface area contributed by atoms with E-state index in [0.717, 1.165) is 25.7 Å². The molecule has 3 aliphatic rings. The lowest BCUT2D eigenvalue weighted by Gasteiger charge is -2.67. The molecule has 0 N–H and O–H groups in total. The van der Waals surface area contributed by atoms with E-state index >= 15 is 0 Å². The molecule has 0 amide bonds. The van der Waals surface area contributed by atoms with Crippen LogP contribution in [-0.2, 0) is 29.9 Å². The lowest BCUT2D eigenvalue weighted by molar-refractivity contribution is -0.227. The molecule has 1 aliphatic carbocycles. The van der Waals surface area contributed by atoms with Crippen LogP contribution in [0.1, 0.15) is 49.7 Å². The summed E-state index contributed by atoms with van der Waals surface area (Å²) in [6.07, 6.45) is 3.19. The van der Waals surface area contributed by atoms with Crippen molar-refractivity contribution in [2.75, 3.05) is 0 Å². The fraction of sp³-hybridized carbons (Fsp3) is 0.417. The summed E-state index contributed by atoms with van der Waals surface area (Å²) in [5.74, 6) is -0.380. The molecule has 2 heterocycles. The van der Waals surface area contributed by atoms with Gasteiger partial charge in [0, 0.05) is 23.7 Å². The number of esters is 2. The largest absolute Gasteiger partial charge is 0.457 e. The lowest BCUT2D eigenvalue weighted by atomic mass is 9.39. The van der Waals surface area contributed by atoms with E-state index in [0.29, 0.717) is 12.8 Å². The standard InChI is InChI=1S/C24H24O4/c25-19-13-7-15-23(17-9-3-1-4-10-17)21(27-19)22-24(23,16-8-14-20(26)28-22)18-11-5-2-6-12-18/h1-6,9-12,21-22H,7-8,13-16H2. The molecule has 4 nitrogen and oxygen atoms in total. The van der Waals surface area contributed by atoms with Gasteiger partial charge >= 0.3 is 11.9 Å². The Kier molecular flexibility index (Phi) is 4.04. The molecule has 4 unspecified atom stereocenters. The first-order chi connectivity index (χ1) is 13.7. The SMILES string of the molecule is O=C1CCCC2(c3ccccc3)C(O1)C1OC(=O)CCCC12c1ccccc1. The van der Waals surface area contributed by atoms with Gasteiger partial charge in [0.25, 0.3) is 0 Å². The van der Waals surface area contributed by atoms with Crippen molar-refractivity contribution in [2.45, 2.75) is 61.6 Å². The van der Waals surface area contributed by atoms with Crippen LogP contribution >= 0.6 is 0 Å². The number of carbonyl (C=O) groups excluding carboxylic acids is 2. The van der Waals surface area contributed by atoms with E-state index < -0.39 is 12.2 Å². The molecule has 28 heavy (non-hydrogen) atoms. The minimum Gasteiger partial charge on any atom is -0.457 e. The van der Waals surface area contributed by atoms with Crippen molar-refractivity contribution in [1.29, 1.82) is 0 Å². The van der Waals surface area contributed by atoms with Crippen LogP contribution in [0.25, 0.3) is 0 Å². The van der Waals surface area contributed by atoms with Gasteiger partial charge in [-0.05, 0) is 36.8 Å². The third kappa shape index (κ3) is 2.24. The fourth-order valence-corrected chi connectivity index (χ4v) is 6.01. The summed E-state index contributed by atoms with van der Waals surface area (Å²) in [5, 5.41) is 0. The summed E-state index contributed by atoms with van der Waals surface area (Å²) in [6, 6.07) is 20.8. The molecule has 4 atom stereocenters. The maximum Gasteiger partial charge on any atom is 0.306 e. The highest BCUT2D eigenvalue weighted by molar-refractivity contribution is 5.74. The Balaban J connectivity index is 1.77. The van der Waals surface area contributed by atoms with Gasteiger partial charge in [-0.1, -0.05) is 60.7 Å². The summed E-state index contributed by atoms with van der Waals surface area (Å²) in [5.41, 5.74) is 1.59. The minimum absolute atomic E-state index is 0.190. The van der Waals surface area contributed by atoms with Crippen LogP contribution in [0.15, 0.2) is 60.7 Å². The maximum atomic E-state index is 12.4. The van der Waals surface area contributed by atoms with Gasteiger partial charge in [-0.3, -0.25) is 9.59 Å². The van der Waals surface area contributed by atoms with Crippen molar-refractivity contribution in [3.63, 3.8) is 0 Å². The van der Waals surface area contributed by atoms with Crippen LogP contribution in [-0.4, -0.2) is 24.1 Å². The van der Waals surface area contributed by atoms with Crippen LogP contribution in [0.2, 0.25) is 0 Å². The summed E-state index contributed by atoms with van der Waals surface area (Å²) in [4.78, 5) is 24.7. The van der Waals surface area contributed by atoms with Crippen molar-refractivity contribution in [3.05, 3.63) is 71.8 Å². The van der Waals surface area contributed by atoms with E-state index in [1.807, 2.05) is 36.4 Å². The van der Waals surface area contributed by atoms with Gasteiger partial charge in [0.2, 0.25) is 0 Å². The molecular weight excluding hydrogens is 352 g/mol. The predicted octanol–water partition coefficient (Wildman–Crippen LogP) is 4.07. The van der Waals surface area contributed by atoms with Gasteiger partial charge in [-0.2, -0.15) is 0 Å². The molecule has 4 heteroatoms. The Morgan fingerprint density at radius 3 is 1.43 bits per heavy atom. The van der Waals surface area contributed by atoms with Crippen molar-refractivity contribution >= 4 is 11.9 Å². The summed E-state index contributed by atoms with van der Waals surface area (Å²) in [7, 11) is 0. The molecule has 5 rings (SSSR count). The molecule has 144 valence electrons. The van der Waals surface area contributed by atoms with Crippen LogP contribution in [0.3, 0.4) is 0 Å². The predicted molar refractivity (Wildman–Crippen MR) is 104 cm³/mol. The highest BCUT2D eigenvalue weighted by Gasteiger charge is 2.76. The molecule has 2 aromatic carbocycles. The molecule has 2 aliphatic heterocycles. The Bertz CT molecular complexity index is 818. The monoisotopic (exact) mass is 376 g/mol. The summed E-state index contributed by atoms with van der Waals surface area (Å²) < 4.78 is 11.9. The van der Waals surface area contributed by atoms with Gasteiger partial charge in [0.1, 0.15) is 0 Å². The zero-order valence-corrected chi connectivity index (χ0v) is 15.8. The number of hydrogen-bond donors (Lipinski definition) is 0. The van der Waals surface area contributed by atoms with Crippen molar-refractivity contribution in [3.8, 4) is 0 Å². The Labute approximate surface area is 164 Å². The molecule has 1 saturated carbocycles. The molecule has 3 fully saturated rings. The zero-order valence-electron chi connectivity index (χ0n) is 15.8. The molecular formula is C24H24O4. The smallest absolute Gasteiger partial charge is 0.306 e.